The molecule has 1 fully saturated rings. The normalized spacial score (nSPS) is 15.7. The van der Waals surface area contributed by atoms with Crippen molar-refractivity contribution in [2.75, 3.05) is 26.7 Å². The fourth-order valence-corrected chi connectivity index (χ4v) is 3.41. The lowest BCUT2D eigenvalue weighted by Gasteiger charge is -2.31. The van der Waals surface area contributed by atoms with E-state index in [2.05, 4.69) is 15.5 Å². The standard InChI is InChI=1S/C18H23ClN4O/c1-20-9-6-13-7-10-23(11-8-13)18(24)17-12-16(21-22-17)14-4-2-3-5-15(14)19/h2-5,12-13,20H,6-11H2,1H3,(H,21,22). The molecule has 1 amide bonds. The monoisotopic (exact) mass is 346 g/mol. The largest absolute Gasteiger partial charge is 0.337 e. The van der Waals surface area contributed by atoms with Gasteiger partial charge in [-0.1, -0.05) is 29.8 Å². The lowest BCUT2D eigenvalue weighted by molar-refractivity contribution is 0.0681. The molecular formula is C18H23ClN4O. The van der Waals surface area contributed by atoms with Crippen LogP contribution in [0.25, 0.3) is 11.3 Å². The van der Waals surface area contributed by atoms with E-state index in [0.717, 1.165) is 38.0 Å². The number of H-pyrrole nitrogens is 1. The maximum absolute atomic E-state index is 12.7. The van der Waals surface area contributed by atoms with Crippen LogP contribution in [0.4, 0.5) is 0 Å². The maximum atomic E-state index is 12.7. The zero-order valence-corrected chi connectivity index (χ0v) is 14.6. The number of carbonyl (C=O) groups is 1. The molecule has 1 aromatic heterocycles. The van der Waals surface area contributed by atoms with Crippen molar-refractivity contribution >= 4 is 17.5 Å². The van der Waals surface area contributed by atoms with E-state index in [0.29, 0.717) is 22.3 Å². The number of likely N-dealkylation sites (tertiary alicyclic amines) is 1. The van der Waals surface area contributed by atoms with Gasteiger partial charge in [0, 0.05) is 18.7 Å². The number of hydrogen-bond donors (Lipinski definition) is 2. The van der Waals surface area contributed by atoms with Gasteiger partial charge in [-0.3, -0.25) is 9.89 Å². The van der Waals surface area contributed by atoms with Crippen molar-refractivity contribution < 1.29 is 4.79 Å². The number of nitrogens with zero attached hydrogens (tertiary/aromatic N) is 2. The number of amides is 1. The van der Waals surface area contributed by atoms with E-state index in [4.69, 9.17) is 11.6 Å². The highest BCUT2D eigenvalue weighted by molar-refractivity contribution is 6.33. The minimum Gasteiger partial charge on any atom is -0.337 e. The van der Waals surface area contributed by atoms with Gasteiger partial charge >= 0.3 is 0 Å². The number of halogens is 1. The van der Waals surface area contributed by atoms with E-state index in [1.54, 1.807) is 6.07 Å². The van der Waals surface area contributed by atoms with E-state index in [-0.39, 0.29) is 5.91 Å². The van der Waals surface area contributed by atoms with Gasteiger partial charge in [0.05, 0.1) is 10.7 Å². The minimum atomic E-state index is 0.0212. The van der Waals surface area contributed by atoms with E-state index < -0.39 is 0 Å². The van der Waals surface area contributed by atoms with Crippen LogP contribution in [0.3, 0.4) is 0 Å². The molecule has 2 aromatic rings. The lowest BCUT2D eigenvalue weighted by Crippen LogP contribution is -2.39. The average Bonchev–Trinajstić information content (AvgIpc) is 3.10. The summed E-state index contributed by atoms with van der Waals surface area (Å²) in [5, 5.41) is 10.9. The fourth-order valence-electron chi connectivity index (χ4n) is 3.18. The Kier molecular flexibility index (Phi) is 5.53. The van der Waals surface area contributed by atoms with Crippen LogP contribution in [-0.2, 0) is 0 Å². The first kappa shape index (κ1) is 17.0. The third-order valence-corrected chi connectivity index (χ3v) is 4.99. The molecule has 0 radical (unpaired) electrons. The van der Waals surface area contributed by atoms with Crippen molar-refractivity contribution in [3.63, 3.8) is 0 Å². The van der Waals surface area contributed by atoms with Crippen LogP contribution < -0.4 is 5.32 Å². The minimum absolute atomic E-state index is 0.0212. The molecular weight excluding hydrogens is 324 g/mol. The van der Waals surface area contributed by atoms with Gasteiger partial charge < -0.3 is 10.2 Å². The Bertz CT molecular complexity index is 692. The Morgan fingerprint density at radius 3 is 2.83 bits per heavy atom. The quantitative estimate of drug-likeness (QED) is 0.874. The predicted molar refractivity (Wildman–Crippen MR) is 96.2 cm³/mol. The third kappa shape index (κ3) is 3.79. The number of rotatable bonds is 5. The van der Waals surface area contributed by atoms with Gasteiger partial charge in [-0.15, -0.1) is 0 Å². The van der Waals surface area contributed by atoms with Crippen LogP contribution in [0.15, 0.2) is 30.3 Å². The molecule has 0 unspecified atom stereocenters. The molecule has 0 saturated carbocycles. The number of benzene rings is 1. The zero-order valence-electron chi connectivity index (χ0n) is 13.9. The molecule has 3 rings (SSSR count). The number of carbonyl (C=O) groups excluding carboxylic acids is 1. The van der Waals surface area contributed by atoms with Crippen LogP contribution in [0.2, 0.25) is 5.02 Å². The summed E-state index contributed by atoms with van der Waals surface area (Å²) in [5.74, 6) is 0.731. The predicted octanol–water partition coefficient (Wildman–Crippen LogP) is 3.19. The molecule has 1 saturated heterocycles. The number of aromatic amines is 1. The highest BCUT2D eigenvalue weighted by atomic mass is 35.5. The molecule has 5 nitrogen and oxygen atoms in total. The van der Waals surface area contributed by atoms with Gasteiger partial charge in [0.2, 0.25) is 0 Å². The highest BCUT2D eigenvalue weighted by Gasteiger charge is 2.24. The fraction of sp³-hybridized carbons (Fsp3) is 0.444. The summed E-state index contributed by atoms with van der Waals surface area (Å²) in [5.41, 5.74) is 2.06. The van der Waals surface area contributed by atoms with E-state index in [1.807, 2.05) is 36.2 Å². The molecule has 2 N–H and O–H groups in total. The van der Waals surface area contributed by atoms with Gasteiger partial charge in [-0.2, -0.15) is 5.10 Å². The Labute approximate surface area is 147 Å². The molecule has 1 aliphatic rings. The Hall–Kier alpha value is -1.85. The van der Waals surface area contributed by atoms with Gasteiger partial charge in [0.1, 0.15) is 5.69 Å². The second-order valence-corrected chi connectivity index (χ2v) is 6.68. The van der Waals surface area contributed by atoms with E-state index in [1.165, 1.54) is 6.42 Å². The van der Waals surface area contributed by atoms with Crippen LogP contribution >= 0.6 is 11.6 Å². The van der Waals surface area contributed by atoms with E-state index in [9.17, 15) is 4.79 Å². The molecule has 24 heavy (non-hydrogen) atoms. The lowest BCUT2D eigenvalue weighted by atomic mass is 9.93. The summed E-state index contributed by atoms with van der Waals surface area (Å²) in [7, 11) is 1.98. The number of nitrogens with one attached hydrogen (secondary N) is 2. The molecule has 0 spiro atoms. The first-order valence-corrected chi connectivity index (χ1v) is 8.81. The van der Waals surface area contributed by atoms with Crippen LogP contribution in [0, 0.1) is 5.92 Å². The smallest absolute Gasteiger partial charge is 0.271 e. The summed E-state index contributed by atoms with van der Waals surface area (Å²) < 4.78 is 0. The summed E-state index contributed by atoms with van der Waals surface area (Å²) in [6.07, 6.45) is 3.32. The molecule has 0 aliphatic carbocycles. The summed E-state index contributed by atoms with van der Waals surface area (Å²) in [4.78, 5) is 14.6. The van der Waals surface area contributed by atoms with Crippen molar-refractivity contribution in [2.24, 2.45) is 5.92 Å². The van der Waals surface area contributed by atoms with Crippen LogP contribution in [0.5, 0.6) is 0 Å². The van der Waals surface area contributed by atoms with Crippen molar-refractivity contribution in [1.29, 1.82) is 0 Å². The molecule has 0 atom stereocenters. The first-order valence-electron chi connectivity index (χ1n) is 8.43. The third-order valence-electron chi connectivity index (χ3n) is 4.66. The van der Waals surface area contributed by atoms with Crippen molar-refractivity contribution in [1.82, 2.24) is 20.4 Å². The molecule has 1 aromatic carbocycles. The highest BCUT2D eigenvalue weighted by Crippen LogP contribution is 2.27. The van der Waals surface area contributed by atoms with Gasteiger partial charge in [0.25, 0.3) is 5.91 Å². The van der Waals surface area contributed by atoms with Crippen molar-refractivity contribution in [2.45, 2.75) is 19.3 Å². The molecule has 128 valence electrons. The van der Waals surface area contributed by atoms with Crippen molar-refractivity contribution in [3.05, 3.63) is 41.0 Å². The summed E-state index contributed by atoms with van der Waals surface area (Å²) in [6, 6.07) is 9.30. The van der Waals surface area contributed by atoms with Gasteiger partial charge in [-0.25, -0.2) is 0 Å². The summed E-state index contributed by atoms with van der Waals surface area (Å²) >= 11 is 6.20. The number of hydrogen-bond acceptors (Lipinski definition) is 3. The SMILES string of the molecule is CNCCC1CCN(C(=O)c2cc(-c3ccccc3Cl)n[nH]2)CC1. The van der Waals surface area contributed by atoms with Crippen molar-refractivity contribution in [3.8, 4) is 11.3 Å². The topological polar surface area (TPSA) is 61.0 Å². The van der Waals surface area contributed by atoms with Gasteiger partial charge in [-0.05, 0) is 50.9 Å². The Balaban J connectivity index is 1.64. The first-order chi connectivity index (χ1) is 11.7. The second-order valence-electron chi connectivity index (χ2n) is 6.27. The molecule has 1 aliphatic heterocycles. The maximum Gasteiger partial charge on any atom is 0.271 e. The Morgan fingerprint density at radius 2 is 2.12 bits per heavy atom. The molecule has 2 heterocycles. The zero-order chi connectivity index (χ0) is 16.9. The summed E-state index contributed by atoms with van der Waals surface area (Å²) in [6.45, 7) is 2.67. The van der Waals surface area contributed by atoms with E-state index >= 15 is 0 Å². The molecule has 0 bridgehead atoms. The number of piperidine rings is 1. The number of aromatic nitrogens is 2. The van der Waals surface area contributed by atoms with Gasteiger partial charge in [0.15, 0.2) is 0 Å². The molecule has 6 heteroatoms. The Morgan fingerprint density at radius 1 is 1.38 bits per heavy atom. The average molecular weight is 347 g/mol. The second kappa shape index (κ2) is 7.81. The van der Waals surface area contributed by atoms with Crippen LogP contribution in [0.1, 0.15) is 29.8 Å². The van der Waals surface area contributed by atoms with Crippen LogP contribution in [-0.4, -0.2) is 47.7 Å².